The van der Waals surface area contributed by atoms with Gasteiger partial charge in [0.05, 0.1) is 19.3 Å². The zero-order valence-corrected chi connectivity index (χ0v) is 33.7. The molecular formula is C36H33ClF2N10O16. The predicted octanol–water partition coefficient (Wildman–Crippen LogP) is 1.02. The van der Waals surface area contributed by atoms with Crippen molar-refractivity contribution in [2.45, 2.75) is 75.7 Å². The van der Waals surface area contributed by atoms with Crippen molar-refractivity contribution in [3.63, 3.8) is 0 Å². The van der Waals surface area contributed by atoms with E-state index in [0.717, 1.165) is 21.8 Å². The highest BCUT2D eigenvalue weighted by atomic mass is 35.5. The zero-order chi connectivity index (χ0) is 51.0. The highest BCUT2D eigenvalue weighted by Crippen LogP contribution is 2.39. The van der Waals surface area contributed by atoms with E-state index in [9.17, 15) is 43.3 Å². The second kappa shape index (κ2) is 19.1. The highest BCUT2D eigenvalue weighted by molar-refractivity contribution is 6.61. The molecule has 6 atom stereocenters. The van der Waals surface area contributed by atoms with Gasteiger partial charge in [-0.15, -0.1) is 12.8 Å². The maximum Gasteiger partial charge on any atom is 0.519 e. The summed E-state index contributed by atoms with van der Waals surface area (Å²) in [5, 5.41) is 30.2. The normalized spacial score (nSPS) is 24.8. The van der Waals surface area contributed by atoms with Crippen molar-refractivity contribution in [1.29, 1.82) is 0 Å². The molecule has 344 valence electrons. The number of fused-ring (bicyclic) bond motifs is 2. The molecule has 0 aromatic carbocycles. The van der Waals surface area contributed by atoms with Gasteiger partial charge in [-0.3, -0.25) is 9.13 Å². The fraction of sp³-hybridized carbons (Fsp3) is 0.389. The predicted molar refractivity (Wildman–Crippen MR) is 207 cm³/mol. The Kier molecular flexibility index (Phi) is 12.2. The number of anilines is 2. The third kappa shape index (κ3) is 10.0. The third-order valence-electron chi connectivity index (χ3n) is 8.91. The molecule has 0 amide bonds. The Bertz CT molecular complexity index is 3130. The molecule has 8 heterocycles. The first kappa shape index (κ1) is 41.5. The van der Waals surface area contributed by atoms with Crippen LogP contribution in [-0.4, -0.2) is 103 Å². The van der Waals surface area contributed by atoms with E-state index >= 15 is 0 Å². The average molecular weight is 939 g/mol. The lowest BCUT2D eigenvalue weighted by molar-refractivity contribution is -0.0987. The summed E-state index contributed by atoms with van der Waals surface area (Å²) in [4.78, 5) is 65.2. The van der Waals surface area contributed by atoms with Gasteiger partial charge in [-0.1, -0.05) is 11.8 Å². The number of nitrogens with two attached hydrogens (primary N) is 2. The van der Waals surface area contributed by atoms with Crippen LogP contribution in [-0.2, 0) is 36.9 Å². The van der Waals surface area contributed by atoms with E-state index in [1.54, 1.807) is 0 Å². The second-order valence-corrected chi connectivity index (χ2v) is 13.2. The molecule has 2 fully saturated rings. The molecule has 2 aliphatic rings. The first-order valence-corrected chi connectivity index (χ1v) is 18.1. The molecule has 6 aromatic rings. The van der Waals surface area contributed by atoms with E-state index in [0.29, 0.717) is 0 Å². The zero-order valence-electron chi connectivity index (χ0n) is 37.0. The number of aryl methyl sites for hydroxylation is 2. The van der Waals surface area contributed by atoms with Crippen LogP contribution in [0, 0.1) is 50.7 Å². The van der Waals surface area contributed by atoms with Gasteiger partial charge in [-0.2, -0.15) is 28.7 Å². The lowest BCUT2D eigenvalue weighted by Crippen LogP contribution is -2.43. The molecule has 26 nitrogen and oxygen atoms in total. The standard InChI is InChI=1S/C18H16FN5O8.C12H12FN5O3.C6H5ClO5/c1-3-18(6-29-16(26)28-5-9-8(2)30-17(27)31-9)10(25)4-11(32-18)24-7-21-12-13(20)22-15(19)23-14(12)24;1-2-12(4-19)6(20)3-7(21-12)18-5-15-8-9(14)16-11(13)17-10(8)18;1-3-4(2-10-5(7)8)12-6(9)11-3/h1,7,10-11,25H,4-6H2,2H3,(H2,20,22,23);1,5-7,19-20H,3-4H2,(H2,14,16,17);2H2,1H3/t10-,11+,18+;6-,7+,12+;/m00./s1/i4D2;3D2;. The van der Waals surface area contributed by atoms with Crippen molar-refractivity contribution >= 4 is 57.1 Å². The van der Waals surface area contributed by atoms with Crippen LogP contribution in [0.25, 0.3) is 22.3 Å². The number of hydrogen-bond acceptors (Lipinski definition) is 24. The Balaban J connectivity index is 0.000000191. The fourth-order valence-corrected chi connectivity index (χ4v) is 5.65. The summed E-state index contributed by atoms with van der Waals surface area (Å²) in [6.45, 7) is 0.602. The van der Waals surface area contributed by atoms with Crippen LogP contribution in [0.1, 0.15) is 53.7 Å². The van der Waals surface area contributed by atoms with Crippen molar-refractivity contribution < 1.29 is 80.5 Å². The van der Waals surface area contributed by atoms with Crippen molar-refractivity contribution in [2.24, 2.45) is 0 Å². The van der Waals surface area contributed by atoms with Gasteiger partial charge in [-0.25, -0.2) is 29.1 Å². The van der Waals surface area contributed by atoms with Gasteiger partial charge >= 0.3 is 35.4 Å². The van der Waals surface area contributed by atoms with Crippen LogP contribution in [0.4, 0.5) is 30.0 Å². The molecule has 0 unspecified atom stereocenters. The number of nitrogens with zero attached hydrogens (tertiary/aromatic N) is 8. The molecule has 7 N–H and O–H groups in total. The fourth-order valence-electron chi connectivity index (χ4n) is 5.59. The van der Waals surface area contributed by atoms with Gasteiger partial charge in [0.1, 0.15) is 31.3 Å². The lowest BCUT2D eigenvalue weighted by atomic mass is 9.99. The molecule has 0 bridgehead atoms. The van der Waals surface area contributed by atoms with E-state index in [-0.39, 0.29) is 63.6 Å². The molecule has 8 rings (SSSR count). The van der Waals surface area contributed by atoms with Crippen molar-refractivity contribution in [3.05, 3.63) is 69.1 Å². The Labute approximate surface area is 370 Å². The number of aliphatic hydroxyl groups is 3. The van der Waals surface area contributed by atoms with Gasteiger partial charge in [0.25, 0.3) is 0 Å². The molecule has 0 radical (unpaired) electrons. The average Bonchev–Trinajstić information content (AvgIpc) is 4.12. The minimum Gasteiger partial charge on any atom is -0.445 e. The number of carbonyl (C=O) groups excluding carboxylic acids is 2. The number of nitrogen functional groups attached to an aromatic ring is 2. The number of rotatable bonds is 9. The van der Waals surface area contributed by atoms with E-state index in [1.807, 2.05) is 0 Å². The number of carbonyl (C=O) groups is 2. The number of imidazole rings is 2. The quantitative estimate of drug-likeness (QED) is 0.0584. The second-order valence-electron chi connectivity index (χ2n) is 12.9. The summed E-state index contributed by atoms with van der Waals surface area (Å²) in [6, 6.07) is 0. The summed E-state index contributed by atoms with van der Waals surface area (Å²) in [5.41, 5.74) is 5.77. The Morgan fingerprint density at radius 2 is 1.28 bits per heavy atom. The maximum absolute atomic E-state index is 13.7. The topological polar surface area (TPSA) is 367 Å². The number of aromatic nitrogens is 8. The monoisotopic (exact) mass is 938 g/mol. The van der Waals surface area contributed by atoms with Gasteiger partial charge in [-0.05, 0) is 13.8 Å². The Hall–Kier alpha value is -7.47. The minimum absolute atomic E-state index is 0.0329. The molecule has 6 aromatic heterocycles. The van der Waals surface area contributed by atoms with Gasteiger partial charge < -0.3 is 68.1 Å². The van der Waals surface area contributed by atoms with Crippen LogP contribution in [0.15, 0.2) is 39.9 Å². The van der Waals surface area contributed by atoms with Crippen molar-refractivity contribution in [2.75, 3.05) is 24.7 Å². The number of halogens is 3. The van der Waals surface area contributed by atoms with Gasteiger partial charge in [0, 0.05) is 29.8 Å². The molecule has 65 heavy (non-hydrogen) atoms. The van der Waals surface area contributed by atoms with E-state index in [4.69, 9.17) is 60.3 Å². The number of aliphatic hydroxyl groups excluding tert-OH is 3. The smallest absolute Gasteiger partial charge is 0.445 e. The maximum atomic E-state index is 13.7. The summed E-state index contributed by atoms with van der Waals surface area (Å²) >= 11 is 4.88. The largest absolute Gasteiger partial charge is 0.519 e. The Morgan fingerprint density at radius 1 is 0.831 bits per heavy atom. The molecule has 0 saturated carbocycles. The molecule has 29 heteroatoms. The highest BCUT2D eigenvalue weighted by Gasteiger charge is 2.50. The SMILES string of the molecule is Cc1oc(=O)oc1COC(=O)Cl.[2H]C1([2H])[C@H](n2cnc3c(N)nc(F)nc32)O[C@](C#C)(CO)[C@H]1O.[2H]C1([2H])[C@H](n2cnc3c(N)nc(F)nc32)O[C@](C#C)(COC(=O)OCc2oc(=O)oc2C)[C@H]1O. The molecular weight excluding hydrogens is 902 g/mol. The first-order valence-electron chi connectivity index (χ1n) is 19.7. The van der Waals surface area contributed by atoms with E-state index in [1.165, 1.54) is 13.8 Å². The first-order chi connectivity index (χ1) is 32.3. The van der Waals surface area contributed by atoms with Gasteiger partial charge in [0.2, 0.25) is 0 Å². The summed E-state index contributed by atoms with van der Waals surface area (Å²) in [7, 11) is 0. The summed E-state index contributed by atoms with van der Waals surface area (Å²) in [5.74, 6) is 2.32. The van der Waals surface area contributed by atoms with Crippen LogP contribution in [0.2, 0.25) is 0 Å². The number of hydrogen-bond donors (Lipinski definition) is 5. The summed E-state index contributed by atoms with van der Waals surface area (Å²) in [6.07, 6.45) is -2.63. The number of ether oxygens (including phenoxy) is 5. The molecule has 2 saturated heterocycles. The minimum atomic E-state index is -2.58. The van der Waals surface area contributed by atoms with Crippen LogP contribution < -0.4 is 23.1 Å². The van der Waals surface area contributed by atoms with E-state index < -0.39 is 104 Å². The third-order valence-corrected chi connectivity index (χ3v) is 9.02. The van der Waals surface area contributed by atoms with Crippen molar-refractivity contribution in [1.82, 2.24) is 39.0 Å². The molecule has 0 spiro atoms. The van der Waals surface area contributed by atoms with Crippen LogP contribution in [0.5, 0.6) is 0 Å². The summed E-state index contributed by atoms with van der Waals surface area (Å²) < 4.78 is 105. The van der Waals surface area contributed by atoms with Crippen molar-refractivity contribution in [3.8, 4) is 24.7 Å². The molecule has 2 aliphatic heterocycles. The number of terminal acetylenes is 2. The van der Waals surface area contributed by atoms with Gasteiger partial charge in [0.15, 0.2) is 81.4 Å². The van der Waals surface area contributed by atoms with E-state index in [2.05, 4.69) is 64.2 Å². The lowest BCUT2D eigenvalue weighted by Gasteiger charge is -2.25. The molecule has 0 aliphatic carbocycles. The van der Waals surface area contributed by atoms with Crippen LogP contribution in [0.3, 0.4) is 0 Å². The Morgan fingerprint density at radius 3 is 1.68 bits per heavy atom. The van der Waals surface area contributed by atoms with Crippen LogP contribution >= 0.6 is 11.6 Å².